The van der Waals surface area contributed by atoms with E-state index in [1.165, 1.54) is 10.9 Å². The molecule has 0 radical (unpaired) electrons. The van der Waals surface area contributed by atoms with E-state index in [0.29, 0.717) is 6.42 Å². The van der Waals surface area contributed by atoms with Crippen LogP contribution in [0, 0.1) is 0 Å². The van der Waals surface area contributed by atoms with Gasteiger partial charge in [0.05, 0.1) is 6.42 Å². The number of hydrogen-bond acceptors (Lipinski definition) is 1. The number of carbonyl (C=O) groups is 1. The maximum Gasteiger partial charge on any atom is 0.224 e. The van der Waals surface area contributed by atoms with Crippen molar-refractivity contribution in [3.05, 3.63) is 72.1 Å². The zero-order valence-corrected chi connectivity index (χ0v) is 15.1. The Kier molecular flexibility index (Phi) is 4.03. The highest BCUT2D eigenvalue weighted by atomic mass is 16.1. The highest BCUT2D eigenvalue weighted by molar-refractivity contribution is 5.89. The Bertz CT molecular complexity index is 1070. The molecule has 4 heteroatoms. The summed E-state index contributed by atoms with van der Waals surface area (Å²) in [5, 5.41) is 5.52. The van der Waals surface area contributed by atoms with Crippen LogP contribution in [0.15, 0.2) is 60.9 Å². The van der Waals surface area contributed by atoms with E-state index in [9.17, 15) is 4.79 Å². The van der Waals surface area contributed by atoms with Crippen molar-refractivity contribution in [3.8, 4) is 0 Å². The molecule has 0 aliphatic rings. The van der Waals surface area contributed by atoms with Crippen LogP contribution in [0.2, 0.25) is 0 Å². The molecule has 0 spiro atoms. The van der Waals surface area contributed by atoms with Crippen molar-refractivity contribution in [1.29, 1.82) is 0 Å². The Labute approximate surface area is 152 Å². The number of hydrogen-bond donors (Lipinski definition) is 3. The van der Waals surface area contributed by atoms with Gasteiger partial charge in [0, 0.05) is 39.7 Å². The monoisotopic (exact) mass is 345 g/mol. The Morgan fingerprint density at radius 1 is 0.885 bits per heavy atom. The second kappa shape index (κ2) is 6.37. The molecular weight excluding hydrogens is 322 g/mol. The number of aromatic nitrogens is 2. The first-order valence-corrected chi connectivity index (χ1v) is 8.93. The number of aromatic amines is 2. The van der Waals surface area contributed by atoms with Crippen LogP contribution in [0.1, 0.15) is 25.0 Å². The number of para-hydroxylation sites is 2. The second-order valence-corrected chi connectivity index (χ2v) is 7.50. The molecule has 26 heavy (non-hydrogen) atoms. The largest absolute Gasteiger partial charge is 0.361 e. The van der Waals surface area contributed by atoms with Crippen molar-refractivity contribution in [1.82, 2.24) is 15.3 Å². The smallest absolute Gasteiger partial charge is 0.224 e. The van der Waals surface area contributed by atoms with Gasteiger partial charge in [-0.3, -0.25) is 4.79 Å². The van der Waals surface area contributed by atoms with E-state index in [4.69, 9.17) is 0 Å². The molecule has 4 aromatic rings. The van der Waals surface area contributed by atoms with E-state index in [-0.39, 0.29) is 11.4 Å². The lowest BCUT2D eigenvalue weighted by Crippen LogP contribution is -2.45. The van der Waals surface area contributed by atoms with Crippen LogP contribution in [0.3, 0.4) is 0 Å². The zero-order valence-electron chi connectivity index (χ0n) is 15.1. The van der Waals surface area contributed by atoms with Crippen molar-refractivity contribution in [2.75, 3.05) is 0 Å². The fourth-order valence-corrected chi connectivity index (χ4v) is 3.67. The molecule has 1 amide bonds. The Balaban J connectivity index is 1.47. The molecule has 4 rings (SSSR count). The topological polar surface area (TPSA) is 60.7 Å². The van der Waals surface area contributed by atoms with Crippen LogP contribution < -0.4 is 5.32 Å². The van der Waals surface area contributed by atoms with Crippen LogP contribution >= 0.6 is 0 Å². The van der Waals surface area contributed by atoms with Gasteiger partial charge in [-0.15, -0.1) is 0 Å². The Morgan fingerprint density at radius 3 is 2.08 bits per heavy atom. The summed E-state index contributed by atoms with van der Waals surface area (Å²) in [5.41, 5.74) is 4.12. The molecular formula is C22H23N3O. The van der Waals surface area contributed by atoms with Gasteiger partial charge in [-0.2, -0.15) is 0 Å². The van der Waals surface area contributed by atoms with Crippen molar-refractivity contribution < 1.29 is 4.79 Å². The van der Waals surface area contributed by atoms with Gasteiger partial charge >= 0.3 is 0 Å². The summed E-state index contributed by atoms with van der Waals surface area (Å²) in [6, 6.07) is 16.3. The van der Waals surface area contributed by atoms with Crippen LogP contribution in [-0.4, -0.2) is 21.4 Å². The summed E-state index contributed by atoms with van der Waals surface area (Å²) >= 11 is 0. The molecule has 3 N–H and O–H groups in total. The quantitative estimate of drug-likeness (QED) is 0.495. The van der Waals surface area contributed by atoms with Gasteiger partial charge in [-0.25, -0.2) is 0 Å². The first kappa shape index (κ1) is 16.5. The fraction of sp³-hybridized carbons (Fsp3) is 0.227. The second-order valence-electron chi connectivity index (χ2n) is 7.50. The van der Waals surface area contributed by atoms with Crippen molar-refractivity contribution in [2.45, 2.75) is 32.2 Å². The molecule has 0 atom stereocenters. The minimum atomic E-state index is -0.325. The van der Waals surface area contributed by atoms with Gasteiger partial charge in [-0.05, 0) is 43.5 Å². The molecule has 0 fully saturated rings. The molecule has 0 aliphatic heterocycles. The van der Waals surface area contributed by atoms with Crippen LogP contribution in [0.25, 0.3) is 21.8 Å². The van der Waals surface area contributed by atoms with E-state index in [0.717, 1.165) is 28.4 Å². The highest BCUT2D eigenvalue weighted by Crippen LogP contribution is 2.23. The van der Waals surface area contributed by atoms with Crippen molar-refractivity contribution in [3.63, 3.8) is 0 Å². The summed E-state index contributed by atoms with van der Waals surface area (Å²) in [6.07, 6.45) is 5.12. The predicted octanol–water partition coefficient (Wildman–Crippen LogP) is 4.33. The zero-order chi connectivity index (χ0) is 18.1. The molecule has 0 saturated heterocycles. The molecule has 0 bridgehead atoms. The molecule has 2 heterocycles. The van der Waals surface area contributed by atoms with Crippen LogP contribution in [0.4, 0.5) is 0 Å². The molecule has 2 aromatic carbocycles. The summed E-state index contributed by atoms with van der Waals surface area (Å²) in [6.45, 7) is 4.14. The lowest BCUT2D eigenvalue weighted by Gasteiger charge is -2.26. The lowest BCUT2D eigenvalue weighted by molar-refractivity contribution is -0.122. The van der Waals surface area contributed by atoms with Crippen molar-refractivity contribution in [2.24, 2.45) is 0 Å². The number of carbonyl (C=O) groups excluding carboxylic acids is 1. The molecule has 0 aliphatic carbocycles. The fourth-order valence-electron chi connectivity index (χ4n) is 3.67. The van der Waals surface area contributed by atoms with Crippen LogP contribution in [-0.2, 0) is 17.6 Å². The number of fused-ring (bicyclic) bond motifs is 2. The average Bonchev–Trinajstić information content (AvgIpc) is 3.19. The van der Waals surface area contributed by atoms with E-state index < -0.39 is 0 Å². The van der Waals surface area contributed by atoms with E-state index in [1.807, 2.05) is 48.8 Å². The minimum Gasteiger partial charge on any atom is -0.361 e. The third kappa shape index (κ3) is 3.23. The number of rotatable bonds is 5. The lowest BCUT2D eigenvalue weighted by atomic mass is 9.94. The van der Waals surface area contributed by atoms with Gasteiger partial charge in [-0.1, -0.05) is 36.4 Å². The Hall–Kier alpha value is -3.01. The van der Waals surface area contributed by atoms with Gasteiger partial charge in [0.1, 0.15) is 0 Å². The Morgan fingerprint density at radius 2 is 1.42 bits per heavy atom. The van der Waals surface area contributed by atoms with Gasteiger partial charge in [0.25, 0.3) is 0 Å². The highest BCUT2D eigenvalue weighted by Gasteiger charge is 2.23. The number of nitrogens with one attached hydrogen (secondary N) is 3. The van der Waals surface area contributed by atoms with E-state index >= 15 is 0 Å². The van der Waals surface area contributed by atoms with Gasteiger partial charge in [0.15, 0.2) is 0 Å². The third-order valence-corrected chi connectivity index (χ3v) is 4.81. The van der Waals surface area contributed by atoms with Gasteiger partial charge < -0.3 is 15.3 Å². The van der Waals surface area contributed by atoms with Gasteiger partial charge in [0.2, 0.25) is 5.91 Å². The normalized spacial score (nSPS) is 11.9. The number of benzene rings is 2. The summed E-state index contributed by atoms with van der Waals surface area (Å²) in [7, 11) is 0. The number of H-pyrrole nitrogens is 2. The summed E-state index contributed by atoms with van der Waals surface area (Å²) in [4.78, 5) is 19.2. The average molecular weight is 345 g/mol. The molecule has 4 nitrogen and oxygen atoms in total. The summed E-state index contributed by atoms with van der Waals surface area (Å²) in [5.74, 6) is 0.0413. The molecule has 0 saturated carbocycles. The van der Waals surface area contributed by atoms with Crippen molar-refractivity contribution >= 4 is 27.7 Å². The van der Waals surface area contributed by atoms with Crippen LogP contribution in [0.5, 0.6) is 0 Å². The molecule has 0 unspecified atom stereocenters. The summed E-state index contributed by atoms with van der Waals surface area (Å²) < 4.78 is 0. The molecule has 132 valence electrons. The third-order valence-electron chi connectivity index (χ3n) is 4.81. The van der Waals surface area contributed by atoms with E-state index in [1.54, 1.807) is 0 Å². The maximum atomic E-state index is 12.6. The number of amides is 1. The first-order valence-electron chi connectivity index (χ1n) is 8.93. The standard InChI is InChI=1S/C22H23N3O/c1-22(2,12-16-14-24-20-10-6-4-8-18(16)20)25-21(26)11-15-13-23-19-9-5-3-7-17(15)19/h3-10,13-14,23-24H,11-12H2,1-2H3,(H,25,26). The predicted molar refractivity (Wildman–Crippen MR) is 106 cm³/mol. The first-order chi connectivity index (χ1) is 12.5. The SMILES string of the molecule is CC(C)(Cc1c[nH]c2ccccc12)NC(=O)Cc1c[nH]c2ccccc12. The maximum absolute atomic E-state index is 12.6. The minimum absolute atomic E-state index is 0.0413. The molecule has 2 aromatic heterocycles. The van der Waals surface area contributed by atoms with E-state index in [2.05, 4.69) is 41.3 Å².